The number of anilines is 1. The molecule has 4 rings (SSSR count). The third-order valence-corrected chi connectivity index (χ3v) is 6.24. The maximum atomic E-state index is 13.5. The van der Waals surface area contributed by atoms with E-state index in [2.05, 4.69) is 0 Å². The lowest BCUT2D eigenvalue weighted by Crippen LogP contribution is -2.28. The molecule has 0 atom stereocenters. The number of thioether (sulfide) groups is 1. The van der Waals surface area contributed by atoms with Gasteiger partial charge in [-0.25, -0.2) is 9.79 Å². The van der Waals surface area contributed by atoms with Crippen LogP contribution in [0.5, 0.6) is 11.5 Å². The van der Waals surface area contributed by atoms with E-state index in [1.807, 2.05) is 69.3 Å². The number of carboxylic acid groups (broad SMARTS) is 1. The van der Waals surface area contributed by atoms with Crippen LogP contribution in [0.4, 0.5) is 11.4 Å². The van der Waals surface area contributed by atoms with Gasteiger partial charge in [-0.1, -0.05) is 41.5 Å². The number of aliphatic carboxylic acids is 1. The maximum absolute atomic E-state index is 13.5. The highest BCUT2D eigenvalue weighted by Gasteiger charge is 2.34. The van der Waals surface area contributed by atoms with E-state index < -0.39 is 12.6 Å². The summed E-state index contributed by atoms with van der Waals surface area (Å²) in [6.45, 7) is 5.75. The van der Waals surface area contributed by atoms with Gasteiger partial charge in [0.15, 0.2) is 23.3 Å². The first-order valence-electron chi connectivity index (χ1n) is 11.4. The SMILES string of the molecule is CCOc1cc(C=C2SC(=Nc3ccc(C)cc3)N(c3ccc(C)cc3)C2=O)ccc1OCC(=O)O. The monoisotopic (exact) mass is 502 g/mol. The molecule has 0 spiro atoms. The van der Waals surface area contributed by atoms with Crippen molar-refractivity contribution in [2.45, 2.75) is 20.8 Å². The Morgan fingerprint density at radius 3 is 2.28 bits per heavy atom. The van der Waals surface area contributed by atoms with E-state index in [0.29, 0.717) is 28.2 Å². The number of ether oxygens (including phenoxy) is 2. The van der Waals surface area contributed by atoms with Gasteiger partial charge in [0.05, 0.1) is 22.9 Å². The highest BCUT2D eigenvalue weighted by Crippen LogP contribution is 2.38. The number of carbonyl (C=O) groups excluding carboxylic acids is 1. The van der Waals surface area contributed by atoms with Crippen molar-refractivity contribution in [3.63, 3.8) is 0 Å². The molecule has 1 heterocycles. The summed E-state index contributed by atoms with van der Waals surface area (Å²) in [5.74, 6) is -0.519. The number of carbonyl (C=O) groups is 2. The first-order valence-corrected chi connectivity index (χ1v) is 12.2. The molecule has 1 amide bonds. The molecule has 1 aliphatic heterocycles. The largest absolute Gasteiger partial charge is 0.490 e. The predicted molar refractivity (Wildman–Crippen MR) is 143 cm³/mol. The first-order chi connectivity index (χ1) is 17.3. The van der Waals surface area contributed by atoms with Crippen LogP contribution in [0.2, 0.25) is 0 Å². The molecule has 0 aromatic heterocycles. The van der Waals surface area contributed by atoms with Gasteiger partial charge in [0, 0.05) is 0 Å². The highest BCUT2D eigenvalue weighted by molar-refractivity contribution is 8.19. The summed E-state index contributed by atoms with van der Waals surface area (Å²) < 4.78 is 11.0. The predicted octanol–water partition coefficient (Wildman–Crippen LogP) is 5.97. The van der Waals surface area contributed by atoms with Crippen LogP contribution in [-0.4, -0.2) is 35.4 Å². The van der Waals surface area contributed by atoms with Crippen LogP contribution in [0.3, 0.4) is 0 Å². The van der Waals surface area contributed by atoms with Crippen molar-refractivity contribution < 1.29 is 24.2 Å². The summed E-state index contributed by atoms with van der Waals surface area (Å²) in [7, 11) is 0. The van der Waals surface area contributed by atoms with E-state index in [1.165, 1.54) is 11.8 Å². The quantitative estimate of drug-likeness (QED) is 0.382. The minimum Gasteiger partial charge on any atom is -0.490 e. The Hall–Kier alpha value is -4.04. The van der Waals surface area contributed by atoms with E-state index in [4.69, 9.17) is 19.6 Å². The fourth-order valence-corrected chi connectivity index (χ4v) is 4.49. The van der Waals surface area contributed by atoms with Crippen LogP contribution >= 0.6 is 11.8 Å². The first kappa shape index (κ1) is 25.1. The number of amides is 1. The lowest BCUT2D eigenvalue weighted by molar-refractivity contribution is -0.139. The summed E-state index contributed by atoms with van der Waals surface area (Å²) in [5, 5.41) is 9.48. The Kier molecular flexibility index (Phi) is 7.75. The molecule has 1 saturated heterocycles. The van der Waals surface area contributed by atoms with E-state index in [-0.39, 0.29) is 5.91 Å². The van der Waals surface area contributed by atoms with E-state index >= 15 is 0 Å². The standard InChI is InChI=1S/C28H26N2O5S/c1-4-34-24-15-20(9-14-23(24)35-17-26(31)32)16-25-27(33)30(22-12-7-19(3)8-13-22)28(36-25)29-21-10-5-18(2)6-11-21/h5-16H,4,17H2,1-3H3,(H,31,32). The zero-order chi connectivity index (χ0) is 25.7. The molecule has 0 radical (unpaired) electrons. The number of hydrogen-bond donors (Lipinski definition) is 1. The zero-order valence-corrected chi connectivity index (χ0v) is 21.0. The van der Waals surface area contributed by atoms with Crippen molar-refractivity contribution in [2.75, 3.05) is 18.1 Å². The molecule has 0 unspecified atom stereocenters. The molecule has 0 aliphatic carbocycles. The fourth-order valence-electron chi connectivity index (χ4n) is 3.49. The second-order valence-electron chi connectivity index (χ2n) is 8.14. The lowest BCUT2D eigenvalue weighted by atomic mass is 10.1. The Morgan fingerprint density at radius 2 is 1.64 bits per heavy atom. The van der Waals surface area contributed by atoms with Crippen LogP contribution in [0.1, 0.15) is 23.6 Å². The number of nitrogens with zero attached hydrogens (tertiary/aromatic N) is 2. The molecule has 0 bridgehead atoms. The lowest BCUT2D eigenvalue weighted by Gasteiger charge is -2.16. The van der Waals surface area contributed by atoms with Gasteiger partial charge in [-0.15, -0.1) is 0 Å². The van der Waals surface area contributed by atoms with Crippen molar-refractivity contribution in [3.05, 3.63) is 88.3 Å². The van der Waals surface area contributed by atoms with Crippen molar-refractivity contribution in [1.29, 1.82) is 0 Å². The average molecular weight is 503 g/mol. The van der Waals surface area contributed by atoms with Crippen molar-refractivity contribution in [1.82, 2.24) is 0 Å². The number of carboxylic acids is 1. The molecular formula is C28H26N2O5S. The van der Waals surface area contributed by atoms with Crippen LogP contribution < -0.4 is 14.4 Å². The molecule has 36 heavy (non-hydrogen) atoms. The van der Waals surface area contributed by atoms with Gasteiger partial charge in [-0.3, -0.25) is 9.69 Å². The molecule has 1 fully saturated rings. The van der Waals surface area contributed by atoms with Crippen molar-refractivity contribution in [3.8, 4) is 11.5 Å². The van der Waals surface area contributed by atoms with E-state index in [1.54, 1.807) is 29.2 Å². The molecule has 184 valence electrons. The summed E-state index contributed by atoms with van der Waals surface area (Å²) in [6, 6.07) is 20.7. The Morgan fingerprint density at radius 1 is 0.972 bits per heavy atom. The van der Waals surface area contributed by atoms with Gasteiger partial charge in [0.1, 0.15) is 0 Å². The minimum atomic E-state index is -1.08. The van der Waals surface area contributed by atoms with Crippen LogP contribution in [0.25, 0.3) is 6.08 Å². The van der Waals surface area contributed by atoms with Crippen LogP contribution in [0, 0.1) is 13.8 Å². The fraction of sp³-hybridized carbons (Fsp3) is 0.179. The molecule has 3 aromatic rings. The second kappa shape index (κ2) is 11.1. The average Bonchev–Trinajstić information content (AvgIpc) is 3.15. The van der Waals surface area contributed by atoms with E-state index in [9.17, 15) is 9.59 Å². The number of aliphatic imine (C=N–C) groups is 1. The number of aryl methyl sites for hydroxylation is 2. The zero-order valence-electron chi connectivity index (χ0n) is 20.2. The summed E-state index contributed by atoms with van der Waals surface area (Å²) in [6.07, 6.45) is 1.77. The van der Waals surface area contributed by atoms with E-state index in [0.717, 1.165) is 28.1 Å². The van der Waals surface area contributed by atoms with Gasteiger partial charge >= 0.3 is 5.97 Å². The summed E-state index contributed by atoms with van der Waals surface area (Å²) >= 11 is 1.30. The Labute approximate surface area is 214 Å². The van der Waals surface area contributed by atoms with Crippen molar-refractivity contribution in [2.24, 2.45) is 4.99 Å². The van der Waals surface area contributed by atoms with Crippen LogP contribution in [0.15, 0.2) is 76.6 Å². The van der Waals surface area contributed by atoms with Gasteiger partial charge < -0.3 is 14.6 Å². The molecular weight excluding hydrogens is 476 g/mol. The summed E-state index contributed by atoms with van der Waals surface area (Å²) in [4.78, 5) is 31.3. The third kappa shape index (κ3) is 5.95. The number of rotatable bonds is 8. The smallest absolute Gasteiger partial charge is 0.341 e. The molecule has 1 N–H and O–H groups in total. The number of hydrogen-bond acceptors (Lipinski definition) is 6. The van der Waals surface area contributed by atoms with Crippen LogP contribution in [-0.2, 0) is 9.59 Å². The normalized spacial score (nSPS) is 15.5. The molecule has 8 heteroatoms. The van der Waals surface area contributed by atoms with Crippen molar-refractivity contribution >= 4 is 46.3 Å². The molecule has 3 aromatic carbocycles. The third-order valence-electron chi connectivity index (χ3n) is 5.27. The van der Waals surface area contributed by atoms with Gasteiger partial charge in [-0.05, 0) is 80.6 Å². The summed E-state index contributed by atoms with van der Waals surface area (Å²) in [5.41, 5.74) is 4.44. The number of benzene rings is 3. The topological polar surface area (TPSA) is 88.4 Å². The highest BCUT2D eigenvalue weighted by atomic mass is 32.2. The minimum absolute atomic E-state index is 0.182. The maximum Gasteiger partial charge on any atom is 0.341 e. The molecule has 0 saturated carbocycles. The van der Waals surface area contributed by atoms with Gasteiger partial charge in [-0.2, -0.15) is 0 Å². The van der Waals surface area contributed by atoms with Gasteiger partial charge in [0.2, 0.25) is 0 Å². The Balaban J connectivity index is 1.71. The number of amidine groups is 1. The molecule has 7 nitrogen and oxygen atoms in total. The Bertz CT molecular complexity index is 1330. The van der Waals surface area contributed by atoms with Gasteiger partial charge in [0.25, 0.3) is 5.91 Å². The molecule has 1 aliphatic rings. The second-order valence-corrected chi connectivity index (χ2v) is 9.15.